The van der Waals surface area contributed by atoms with Crippen molar-refractivity contribution in [2.75, 3.05) is 16.9 Å². The van der Waals surface area contributed by atoms with Crippen molar-refractivity contribution in [3.05, 3.63) is 58.1 Å². The Bertz CT molecular complexity index is 1270. The second-order valence-corrected chi connectivity index (χ2v) is 10.2. The van der Waals surface area contributed by atoms with Crippen LogP contribution in [0.2, 0.25) is 0 Å². The van der Waals surface area contributed by atoms with Gasteiger partial charge in [0, 0.05) is 30.0 Å². The molecule has 37 heavy (non-hydrogen) atoms. The molecular weight excluding hydrogens is 464 g/mol. The van der Waals surface area contributed by atoms with E-state index in [1.54, 1.807) is 6.20 Å². The average Bonchev–Trinajstić information content (AvgIpc) is 3.62. The van der Waals surface area contributed by atoms with Gasteiger partial charge in [0.05, 0.1) is 18.2 Å². The minimum absolute atomic E-state index is 0.294. The molecule has 196 valence electrons. The van der Waals surface area contributed by atoms with Crippen molar-refractivity contribution in [3.63, 3.8) is 0 Å². The van der Waals surface area contributed by atoms with E-state index < -0.39 is 5.63 Å². The van der Waals surface area contributed by atoms with Crippen LogP contribution in [0.1, 0.15) is 82.8 Å². The minimum Gasteiger partial charge on any atom is -0.492 e. The lowest BCUT2D eigenvalue weighted by molar-refractivity contribution is 0.340. The molecule has 2 aliphatic carbocycles. The van der Waals surface area contributed by atoms with E-state index in [1.807, 2.05) is 31.2 Å². The van der Waals surface area contributed by atoms with Crippen LogP contribution in [-0.4, -0.2) is 29.9 Å². The molecule has 0 saturated heterocycles. The summed E-state index contributed by atoms with van der Waals surface area (Å²) in [6.45, 7) is 4.49. The summed E-state index contributed by atoms with van der Waals surface area (Å²) in [5.41, 5.74) is 5.68. The Kier molecular flexibility index (Phi) is 8.07. The van der Waals surface area contributed by atoms with Crippen molar-refractivity contribution in [2.45, 2.75) is 90.1 Å². The topological polar surface area (TPSA) is 80.0 Å². The third kappa shape index (κ3) is 5.65. The molecule has 2 aliphatic rings. The van der Waals surface area contributed by atoms with Crippen LogP contribution in [0.15, 0.2) is 50.8 Å². The smallest absolute Gasteiger partial charge is 0.349 e. The van der Waals surface area contributed by atoms with Crippen LogP contribution in [0.4, 0.5) is 11.5 Å². The monoisotopic (exact) mass is 502 g/mol. The standard InChI is InChI=1S/C30H38N4O3/c1-3-9-21-16-17-31-28(18-21)33-32-20-26-29(36-4-2)25-15-14-24(19-27(25)37-30(26)35)34(22-10-5-6-11-22)23-12-7-8-13-23/h14-20,22-23H,3-13H2,1-2H3,(H,31,33)/b32-20+. The molecular formula is C30H38N4O3. The van der Waals surface area contributed by atoms with E-state index in [2.05, 4.69) is 33.4 Å². The molecule has 7 heteroatoms. The fourth-order valence-electron chi connectivity index (χ4n) is 5.97. The van der Waals surface area contributed by atoms with E-state index in [0.717, 1.165) is 23.9 Å². The predicted molar refractivity (Wildman–Crippen MR) is 150 cm³/mol. The maximum Gasteiger partial charge on any atom is 0.349 e. The van der Waals surface area contributed by atoms with Crippen LogP contribution in [-0.2, 0) is 6.42 Å². The first-order chi connectivity index (χ1) is 18.2. The summed E-state index contributed by atoms with van der Waals surface area (Å²) >= 11 is 0. The van der Waals surface area contributed by atoms with Gasteiger partial charge < -0.3 is 14.1 Å². The third-order valence-corrected chi connectivity index (χ3v) is 7.64. The number of fused-ring (bicyclic) bond motifs is 1. The number of aryl methyl sites for hydroxylation is 1. The van der Waals surface area contributed by atoms with E-state index in [0.29, 0.717) is 41.4 Å². The number of aromatic nitrogens is 1. The van der Waals surface area contributed by atoms with Gasteiger partial charge in [-0.3, -0.25) is 5.43 Å². The number of anilines is 2. The summed E-state index contributed by atoms with van der Waals surface area (Å²) in [6, 6.07) is 11.4. The number of hydrazone groups is 1. The Morgan fingerprint density at radius 2 is 1.81 bits per heavy atom. The molecule has 0 amide bonds. The second-order valence-electron chi connectivity index (χ2n) is 10.2. The first-order valence-corrected chi connectivity index (χ1v) is 13.9. The number of hydrogen-bond acceptors (Lipinski definition) is 7. The van der Waals surface area contributed by atoms with Crippen molar-refractivity contribution in [1.82, 2.24) is 4.98 Å². The molecule has 0 aliphatic heterocycles. The summed E-state index contributed by atoms with van der Waals surface area (Å²) in [5.74, 6) is 1.14. The molecule has 0 radical (unpaired) electrons. The third-order valence-electron chi connectivity index (χ3n) is 7.64. The van der Waals surface area contributed by atoms with Crippen molar-refractivity contribution in [2.24, 2.45) is 5.10 Å². The number of pyridine rings is 1. The van der Waals surface area contributed by atoms with Crippen LogP contribution in [0, 0.1) is 0 Å². The van der Waals surface area contributed by atoms with Crippen LogP contribution >= 0.6 is 0 Å². The summed E-state index contributed by atoms with van der Waals surface area (Å²) in [4.78, 5) is 20.0. The highest BCUT2D eigenvalue weighted by atomic mass is 16.5. The minimum atomic E-state index is -0.459. The fourth-order valence-corrected chi connectivity index (χ4v) is 5.97. The molecule has 3 aromatic rings. The lowest BCUT2D eigenvalue weighted by Gasteiger charge is -2.37. The molecule has 7 nitrogen and oxygen atoms in total. The first-order valence-electron chi connectivity index (χ1n) is 13.9. The van der Waals surface area contributed by atoms with E-state index in [-0.39, 0.29) is 0 Å². The van der Waals surface area contributed by atoms with Gasteiger partial charge in [-0.1, -0.05) is 39.0 Å². The first kappa shape index (κ1) is 25.3. The van der Waals surface area contributed by atoms with Gasteiger partial charge in [0.25, 0.3) is 0 Å². The Hall–Kier alpha value is -3.35. The zero-order valence-electron chi connectivity index (χ0n) is 22.0. The largest absolute Gasteiger partial charge is 0.492 e. The molecule has 1 aromatic carbocycles. The molecule has 5 rings (SSSR count). The highest BCUT2D eigenvalue weighted by Gasteiger charge is 2.31. The normalized spacial score (nSPS) is 16.7. The highest BCUT2D eigenvalue weighted by molar-refractivity contribution is 5.95. The lowest BCUT2D eigenvalue weighted by Crippen LogP contribution is -2.40. The maximum atomic E-state index is 13.1. The van der Waals surface area contributed by atoms with Crippen LogP contribution in [0.5, 0.6) is 5.75 Å². The molecule has 2 saturated carbocycles. The SMILES string of the molecule is CCCc1ccnc(N/N=C/c2c(OCC)c3ccc(N(C4CCCC4)C4CCCC4)cc3oc2=O)c1. The summed E-state index contributed by atoms with van der Waals surface area (Å²) in [5, 5.41) is 5.07. The van der Waals surface area contributed by atoms with Crippen LogP contribution in [0.25, 0.3) is 11.0 Å². The molecule has 2 fully saturated rings. The molecule has 1 N–H and O–H groups in total. The van der Waals surface area contributed by atoms with Crippen LogP contribution < -0.4 is 20.7 Å². The number of ether oxygens (including phenoxy) is 1. The molecule has 0 unspecified atom stereocenters. The lowest BCUT2D eigenvalue weighted by atomic mass is 10.1. The zero-order chi connectivity index (χ0) is 25.6. The molecule has 0 atom stereocenters. The Labute approximate surface area is 218 Å². The highest BCUT2D eigenvalue weighted by Crippen LogP contribution is 2.38. The zero-order valence-corrected chi connectivity index (χ0v) is 22.0. The second kappa shape index (κ2) is 11.8. The number of nitrogens with zero attached hydrogens (tertiary/aromatic N) is 3. The van der Waals surface area contributed by atoms with E-state index in [1.165, 1.54) is 63.1 Å². The van der Waals surface area contributed by atoms with Crippen molar-refractivity contribution < 1.29 is 9.15 Å². The Morgan fingerprint density at radius 3 is 2.49 bits per heavy atom. The summed E-state index contributed by atoms with van der Waals surface area (Å²) in [6.07, 6.45) is 15.4. The van der Waals surface area contributed by atoms with Gasteiger partial charge in [0.2, 0.25) is 0 Å². The number of benzene rings is 1. The van der Waals surface area contributed by atoms with Gasteiger partial charge in [-0.15, -0.1) is 0 Å². The van der Waals surface area contributed by atoms with Crippen LogP contribution in [0.3, 0.4) is 0 Å². The molecule has 2 aromatic heterocycles. The molecule has 2 heterocycles. The average molecular weight is 503 g/mol. The number of rotatable bonds is 10. The molecule has 0 spiro atoms. The van der Waals surface area contributed by atoms with E-state index in [4.69, 9.17) is 9.15 Å². The van der Waals surface area contributed by atoms with Gasteiger partial charge >= 0.3 is 5.63 Å². The summed E-state index contributed by atoms with van der Waals surface area (Å²) < 4.78 is 11.8. The van der Waals surface area contributed by atoms with E-state index in [9.17, 15) is 4.79 Å². The predicted octanol–water partition coefficient (Wildman–Crippen LogP) is 6.68. The Morgan fingerprint density at radius 1 is 1.08 bits per heavy atom. The summed E-state index contributed by atoms with van der Waals surface area (Å²) in [7, 11) is 0. The number of nitrogens with one attached hydrogen (secondary N) is 1. The van der Waals surface area contributed by atoms with Gasteiger partial charge in [0.15, 0.2) is 0 Å². The van der Waals surface area contributed by atoms with Crippen molar-refractivity contribution in [3.8, 4) is 5.75 Å². The number of hydrogen-bond donors (Lipinski definition) is 1. The fraction of sp³-hybridized carbons (Fsp3) is 0.500. The maximum absolute atomic E-state index is 13.1. The van der Waals surface area contributed by atoms with Crippen molar-refractivity contribution >= 4 is 28.7 Å². The van der Waals surface area contributed by atoms with Gasteiger partial charge in [-0.2, -0.15) is 5.10 Å². The van der Waals surface area contributed by atoms with Crippen molar-refractivity contribution in [1.29, 1.82) is 0 Å². The van der Waals surface area contributed by atoms with Gasteiger partial charge in [-0.25, -0.2) is 9.78 Å². The quantitative estimate of drug-likeness (QED) is 0.189. The Balaban J connectivity index is 1.46. The van der Waals surface area contributed by atoms with E-state index >= 15 is 0 Å². The molecule has 0 bridgehead atoms. The van der Waals surface area contributed by atoms with Gasteiger partial charge in [0.1, 0.15) is 22.7 Å². The van der Waals surface area contributed by atoms with Gasteiger partial charge in [-0.05, 0) is 68.9 Å².